The second-order valence-corrected chi connectivity index (χ2v) is 3.27. The van der Waals surface area contributed by atoms with Crippen LogP contribution in [0.2, 0.25) is 0 Å². The topological polar surface area (TPSA) is 75.6 Å². The summed E-state index contributed by atoms with van der Waals surface area (Å²) in [6, 6.07) is 8.43. The Balaban J connectivity index is 3.20. The highest BCUT2D eigenvalue weighted by Gasteiger charge is 2.40. The molecule has 1 atom stereocenters. The molecule has 1 aromatic rings. The molecule has 0 fully saturated rings. The van der Waals surface area contributed by atoms with E-state index >= 15 is 0 Å². The molecule has 16 heavy (non-hydrogen) atoms. The fourth-order valence-electron chi connectivity index (χ4n) is 1.50. The fourth-order valence-corrected chi connectivity index (χ4v) is 1.50. The van der Waals surface area contributed by atoms with Crippen LogP contribution in [0.5, 0.6) is 0 Å². The summed E-state index contributed by atoms with van der Waals surface area (Å²) in [5.41, 5.74) is -1.06. The van der Waals surface area contributed by atoms with Crippen LogP contribution in [0.15, 0.2) is 30.3 Å². The summed E-state index contributed by atoms with van der Waals surface area (Å²) < 4.78 is 4.87. The number of aliphatic carboxylic acids is 1. The van der Waals surface area contributed by atoms with Gasteiger partial charge in [-0.15, -0.1) is 0 Å². The number of hydrogen-bond acceptors (Lipinski definition) is 3. The minimum Gasteiger partial charge on any atom is -0.479 e. The maximum Gasteiger partial charge on any atom is 0.336 e. The monoisotopic (exact) mass is 223 g/mol. The van der Waals surface area contributed by atoms with E-state index in [1.165, 1.54) is 7.11 Å². The van der Waals surface area contributed by atoms with Gasteiger partial charge in [-0.2, -0.15) is 0 Å². The normalized spacial score (nSPS) is 13.8. The van der Waals surface area contributed by atoms with Crippen molar-refractivity contribution in [1.29, 1.82) is 0 Å². The van der Waals surface area contributed by atoms with Gasteiger partial charge >= 0.3 is 5.97 Å². The molecule has 0 radical (unpaired) electrons. The molecule has 1 rings (SSSR count). The number of ether oxygens (including phenoxy) is 1. The third-order valence-corrected chi connectivity index (χ3v) is 2.30. The van der Waals surface area contributed by atoms with Crippen molar-refractivity contribution in [2.45, 2.75) is 5.54 Å². The third-order valence-electron chi connectivity index (χ3n) is 2.30. The van der Waals surface area contributed by atoms with Crippen molar-refractivity contribution >= 4 is 12.4 Å². The van der Waals surface area contributed by atoms with Gasteiger partial charge in [0.1, 0.15) is 0 Å². The SMILES string of the molecule is COCC(NC=O)(C(=O)O)c1ccccc1. The largest absolute Gasteiger partial charge is 0.479 e. The van der Waals surface area contributed by atoms with Crippen LogP contribution in [0.25, 0.3) is 0 Å². The van der Waals surface area contributed by atoms with E-state index in [0.717, 1.165) is 0 Å². The molecule has 2 N–H and O–H groups in total. The van der Waals surface area contributed by atoms with Crippen molar-refractivity contribution < 1.29 is 19.4 Å². The van der Waals surface area contributed by atoms with E-state index in [1.54, 1.807) is 30.3 Å². The van der Waals surface area contributed by atoms with Gasteiger partial charge in [-0.05, 0) is 5.56 Å². The first kappa shape index (κ1) is 12.2. The highest BCUT2D eigenvalue weighted by molar-refractivity contribution is 5.83. The van der Waals surface area contributed by atoms with E-state index in [2.05, 4.69) is 5.32 Å². The van der Waals surface area contributed by atoms with Gasteiger partial charge in [-0.1, -0.05) is 30.3 Å². The van der Waals surface area contributed by atoms with E-state index in [0.29, 0.717) is 12.0 Å². The Morgan fingerprint density at radius 1 is 1.50 bits per heavy atom. The first-order chi connectivity index (χ1) is 7.67. The summed E-state index contributed by atoms with van der Waals surface area (Å²) in [5, 5.41) is 11.5. The van der Waals surface area contributed by atoms with Crippen molar-refractivity contribution in [1.82, 2.24) is 5.32 Å². The maximum absolute atomic E-state index is 11.3. The number of methoxy groups -OCH3 is 1. The minimum atomic E-state index is -1.53. The zero-order chi connectivity index (χ0) is 12.0. The molecule has 0 spiro atoms. The number of carboxylic acids is 1. The van der Waals surface area contributed by atoms with Crippen LogP contribution in [-0.2, 0) is 19.9 Å². The Morgan fingerprint density at radius 2 is 2.12 bits per heavy atom. The van der Waals surface area contributed by atoms with E-state index in [-0.39, 0.29) is 6.61 Å². The lowest BCUT2D eigenvalue weighted by molar-refractivity contribution is -0.149. The molecule has 0 heterocycles. The van der Waals surface area contributed by atoms with Crippen LogP contribution < -0.4 is 5.32 Å². The van der Waals surface area contributed by atoms with Crippen molar-refractivity contribution in [3.63, 3.8) is 0 Å². The second-order valence-electron chi connectivity index (χ2n) is 3.27. The lowest BCUT2D eigenvalue weighted by atomic mass is 9.91. The predicted molar refractivity (Wildman–Crippen MR) is 56.8 cm³/mol. The van der Waals surface area contributed by atoms with E-state index in [9.17, 15) is 14.7 Å². The quantitative estimate of drug-likeness (QED) is 0.683. The number of rotatable bonds is 6. The smallest absolute Gasteiger partial charge is 0.336 e. The maximum atomic E-state index is 11.3. The molecule has 86 valence electrons. The van der Waals surface area contributed by atoms with Gasteiger partial charge in [-0.3, -0.25) is 4.79 Å². The Labute approximate surface area is 93.0 Å². The molecule has 0 aliphatic heterocycles. The van der Waals surface area contributed by atoms with Gasteiger partial charge in [0.15, 0.2) is 5.54 Å². The first-order valence-corrected chi connectivity index (χ1v) is 4.66. The number of carboxylic acid groups (broad SMARTS) is 1. The number of nitrogens with one attached hydrogen (secondary N) is 1. The van der Waals surface area contributed by atoms with Crippen LogP contribution >= 0.6 is 0 Å². The molecule has 0 saturated heterocycles. The van der Waals surface area contributed by atoms with Crippen LogP contribution in [0.4, 0.5) is 0 Å². The number of carbonyl (C=O) groups is 2. The zero-order valence-corrected chi connectivity index (χ0v) is 8.84. The summed E-state index contributed by atoms with van der Waals surface area (Å²) in [6.07, 6.45) is 0.361. The minimum absolute atomic E-state index is 0.134. The van der Waals surface area contributed by atoms with Gasteiger partial charge < -0.3 is 15.2 Å². The Hall–Kier alpha value is -1.88. The fraction of sp³-hybridized carbons (Fsp3) is 0.273. The Kier molecular flexibility index (Phi) is 4.02. The highest BCUT2D eigenvalue weighted by Crippen LogP contribution is 2.21. The van der Waals surface area contributed by atoms with Crippen molar-refractivity contribution in [3.05, 3.63) is 35.9 Å². The van der Waals surface area contributed by atoms with Crippen molar-refractivity contribution in [2.24, 2.45) is 0 Å². The number of hydrogen-bond donors (Lipinski definition) is 2. The molecule has 5 heteroatoms. The van der Waals surface area contributed by atoms with Gasteiger partial charge in [-0.25, -0.2) is 4.79 Å². The molecule has 0 aliphatic carbocycles. The molecule has 5 nitrogen and oxygen atoms in total. The molecular weight excluding hydrogens is 210 g/mol. The molecule has 0 aromatic heterocycles. The van der Waals surface area contributed by atoms with Crippen LogP contribution in [0.3, 0.4) is 0 Å². The number of amides is 1. The molecule has 0 saturated carbocycles. The van der Waals surface area contributed by atoms with E-state index < -0.39 is 11.5 Å². The lowest BCUT2D eigenvalue weighted by Crippen LogP contribution is -2.52. The summed E-state index contributed by atoms with van der Waals surface area (Å²) >= 11 is 0. The van der Waals surface area contributed by atoms with Gasteiger partial charge in [0.05, 0.1) is 6.61 Å². The first-order valence-electron chi connectivity index (χ1n) is 4.66. The molecule has 1 amide bonds. The number of carbonyl (C=O) groups excluding carboxylic acids is 1. The number of benzene rings is 1. The van der Waals surface area contributed by atoms with Crippen molar-refractivity contribution in [2.75, 3.05) is 13.7 Å². The molecule has 1 unspecified atom stereocenters. The Morgan fingerprint density at radius 3 is 2.56 bits per heavy atom. The van der Waals surface area contributed by atoms with Gasteiger partial charge in [0.2, 0.25) is 6.41 Å². The molecule has 0 aliphatic rings. The van der Waals surface area contributed by atoms with Gasteiger partial charge in [0.25, 0.3) is 0 Å². The lowest BCUT2D eigenvalue weighted by Gasteiger charge is -2.28. The Bertz CT molecular complexity index is 366. The summed E-state index contributed by atoms with van der Waals surface area (Å²) in [5.74, 6) is -1.16. The van der Waals surface area contributed by atoms with Crippen LogP contribution in [0.1, 0.15) is 5.56 Å². The third kappa shape index (κ3) is 2.20. The average Bonchev–Trinajstić information content (AvgIpc) is 2.29. The van der Waals surface area contributed by atoms with Crippen molar-refractivity contribution in [3.8, 4) is 0 Å². The summed E-state index contributed by atoms with van der Waals surface area (Å²) in [4.78, 5) is 21.8. The van der Waals surface area contributed by atoms with Gasteiger partial charge in [0, 0.05) is 7.11 Å². The molecule has 1 aromatic carbocycles. The highest BCUT2D eigenvalue weighted by atomic mass is 16.5. The van der Waals surface area contributed by atoms with Crippen LogP contribution in [0, 0.1) is 0 Å². The average molecular weight is 223 g/mol. The second kappa shape index (κ2) is 5.27. The molecule has 0 bridgehead atoms. The summed E-state index contributed by atoms with van der Waals surface area (Å²) in [6.45, 7) is -0.134. The molecular formula is C11H13NO4. The van der Waals surface area contributed by atoms with E-state index in [1.807, 2.05) is 0 Å². The summed E-state index contributed by atoms with van der Waals surface area (Å²) in [7, 11) is 1.38. The zero-order valence-electron chi connectivity index (χ0n) is 8.84. The van der Waals surface area contributed by atoms with Crippen LogP contribution in [-0.4, -0.2) is 31.2 Å². The predicted octanol–water partition coefficient (Wildman–Crippen LogP) is 0.359. The van der Waals surface area contributed by atoms with E-state index in [4.69, 9.17) is 4.74 Å². The standard InChI is InChI=1S/C11H13NO4/c1-16-7-11(10(14)15,12-8-13)9-5-3-2-4-6-9/h2-6,8H,7H2,1H3,(H,12,13)(H,14,15).